The summed E-state index contributed by atoms with van der Waals surface area (Å²) in [6.07, 6.45) is 6.65. The summed E-state index contributed by atoms with van der Waals surface area (Å²) in [5.74, 6) is 2.07. The highest BCUT2D eigenvalue weighted by atomic mass is 19.1. The first-order valence-electron chi connectivity index (χ1n) is 9.08. The molecule has 2 aromatic heterocycles. The van der Waals surface area contributed by atoms with Gasteiger partial charge in [-0.15, -0.1) is 0 Å². The third-order valence-electron chi connectivity index (χ3n) is 5.38. The molecule has 7 heteroatoms. The number of aromatic nitrogens is 3. The Labute approximate surface area is 146 Å². The van der Waals surface area contributed by atoms with Crippen molar-refractivity contribution in [2.45, 2.75) is 38.1 Å². The van der Waals surface area contributed by atoms with E-state index in [1.807, 2.05) is 0 Å². The van der Waals surface area contributed by atoms with Gasteiger partial charge in [-0.05, 0) is 62.7 Å². The monoisotopic (exact) mass is 345 g/mol. The molecule has 0 spiro atoms. The summed E-state index contributed by atoms with van der Waals surface area (Å²) in [6, 6.07) is 3.35. The maximum atomic E-state index is 12.9. The summed E-state index contributed by atoms with van der Waals surface area (Å²) in [6.45, 7) is 3.47. The van der Waals surface area contributed by atoms with Crippen LogP contribution in [-0.4, -0.2) is 45.7 Å². The highest BCUT2D eigenvalue weighted by Gasteiger charge is 2.29. The van der Waals surface area contributed by atoms with Crippen molar-refractivity contribution in [1.29, 1.82) is 0 Å². The van der Waals surface area contributed by atoms with Gasteiger partial charge in [0.15, 0.2) is 0 Å². The molecule has 2 aliphatic rings. The van der Waals surface area contributed by atoms with Gasteiger partial charge < -0.3 is 15.2 Å². The van der Waals surface area contributed by atoms with Crippen LogP contribution in [0, 0.1) is 17.7 Å². The standard InChI is InChI=1S/C18H24FN5O/c19-14-1-2-16(21-10-14)18-22-17(25-23-18)9-12-3-5-24(6-4-12)11-13-7-15(20)8-13/h1-2,10,12-13,15H,3-9,11,20H2. The van der Waals surface area contributed by atoms with E-state index in [2.05, 4.69) is 20.0 Å². The predicted molar refractivity (Wildman–Crippen MR) is 91.1 cm³/mol. The van der Waals surface area contributed by atoms with Crippen molar-refractivity contribution >= 4 is 0 Å². The molecule has 1 saturated carbocycles. The van der Waals surface area contributed by atoms with Crippen LogP contribution in [0.4, 0.5) is 4.39 Å². The zero-order chi connectivity index (χ0) is 17.2. The lowest BCUT2D eigenvalue weighted by Crippen LogP contribution is -2.45. The molecule has 134 valence electrons. The third kappa shape index (κ3) is 4.04. The Morgan fingerprint density at radius 2 is 2.00 bits per heavy atom. The van der Waals surface area contributed by atoms with E-state index in [1.165, 1.54) is 25.5 Å². The first-order chi connectivity index (χ1) is 12.2. The SMILES string of the molecule is NC1CC(CN2CCC(Cc3nc(-c4ccc(F)cn4)no3)CC2)C1. The minimum atomic E-state index is -0.372. The molecule has 4 rings (SSSR count). The van der Waals surface area contributed by atoms with Gasteiger partial charge in [-0.2, -0.15) is 4.98 Å². The fourth-order valence-corrected chi connectivity index (χ4v) is 3.87. The van der Waals surface area contributed by atoms with Crippen LogP contribution in [0.2, 0.25) is 0 Å². The van der Waals surface area contributed by atoms with Crippen molar-refractivity contribution in [2.75, 3.05) is 19.6 Å². The maximum Gasteiger partial charge on any atom is 0.227 e. The number of nitrogens with two attached hydrogens (primary N) is 1. The zero-order valence-corrected chi connectivity index (χ0v) is 14.3. The lowest BCUT2D eigenvalue weighted by Gasteiger charge is -2.39. The Bertz CT molecular complexity index is 690. The summed E-state index contributed by atoms with van der Waals surface area (Å²) in [5.41, 5.74) is 6.40. The Morgan fingerprint density at radius 3 is 2.68 bits per heavy atom. The molecular weight excluding hydrogens is 321 g/mol. The molecule has 2 fully saturated rings. The quantitative estimate of drug-likeness (QED) is 0.895. The molecule has 0 aromatic carbocycles. The molecular formula is C18H24FN5O. The Kier molecular flexibility index (Phi) is 4.76. The molecule has 6 nitrogen and oxygen atoms in total. The number of piperidine rings is 1. The van der Waals surface area contributed by atoms with Crippen LogP contribution in [0.25, 0.3) is 11.5 Å². The minimum Gasteiger partial charge on any atom is -0.339 e. The van der Waals surface area contributed by atoms with Gasteiger partial charge in [-0.25, -0.2) is 9.37 Å². The van der Waals surface area contributed by atoms with E-state index in [1.54, 1.807) is 6.07 Å². The van der Waals surface area contributed by atoms with Crippen molar-refractivity contribution in [1.82, 2.24) is 20.0 Å². The van der Waals surface area contributed by atoms with Crippen LogP contribution in [0.15, 0.2) is 22.9 Å². The molecule has 3 heterocycles. The molecule has 2 N–H and O–H groups in total. The van der Waals surface area contributed by atoms with E-state index in [0.29, 0.717) is 29.4 Å². The summed E-state index contributed by atoms with van der Waals surface area (Å²) < 4.78 is 18.3. The average Bonchev–Trinajstić information content (AvgIpc) is 3.04. The van der Waals surface area contributed by atoms with Crippen LogP contribution in [0.1, 0.15) is 31.6 Å². The van der Waals surface area contributed by atoms with Gasteiger partial charge in [0.05, 0.1) is 6.20 Å². The normalized spacial score (nSPS) is 25.0. The first-order valence-corrected chi connectivity index (χ1v) is 9.08. The Balaban J connectivity index is 1.27. The molecule has 25 heavy (non-hydrogen) atoms. The molecule has 0 unspecified atom stereocenters. The van der Waals surface area contributed by atoms with Gasteiger partial charge in [-0.3, -0.25) is 0 Å². The number of halogens is 1. The molecule has 0 amide bonds. The van der Waals surface area contributed by atoms with Gasteiger partial charge in [0.25, 0.3) is 0 Å². The van der Waals surface area contributed by atoms with Crippen molar-refractivity contribution in [3.05, 3.63) is 30.0 Å². The Hall–Kier alpha value is -1.86. The predicted octanol–water partition coefficient (Wildman–Crippen LogP) is 2.26. The topological polar surface area (TPSA) is 81.1 Å². The molecule has 1 aliphatic carbocycles. The smallest absolute Gasteiger partial charge is 0.227 e. The summed E-state index contributed by atoms with van der Waals surface area (Å²) in [5, 5.41) is 3.97. The minimum absolute atomic E-state index is 0.372. The highest BCUT2D eigenvalue weighted by Crippen LogP contribution is 2.29. The average molecular weight is 345 g/mol. The highest BCUT2D eigenvalue weighted by molar-refractivity contribution is 5.47. The van der Waals surface area contributed by atoms with Crippen LogP contribution in [-0.2, 0) is 6.42 Å². The van der Waals surface area contributed by atoms with E-state index in [9.17, 15) is 4.39 Å². The fraction of sp³-hybridized carbons (Fsp3) is 0.611. The molecule has 0 atom stereocenters. The fourth-order valence-electron chi connectivity index (χ4n) is 3.87. The second-order valence-corrected chi connectivity index (χ2v) is 7.42. The summed E-state index contributed by atoms with van der Waals surface area (Å²) in [7, 11) is 0. The molecule has 0 radical (unpaired) electrons. The van der Waals surface area contributed by atoms with Crippen LogP contribution in [0.3, 0.4) is 0 Å². The van der Waals surface area contributed by atoms with Crippen molar-refractivity contribution < 1.29 is 8.91 Å². The maximum absolute atomic E-state index is 12.9. The number of rotatable bonds is 5. The van der Waals surface area contributed by atoms with Gasteiger partial charge in [-0.1, -0.05) is 5.16 Å². The number of nitrogens with zero attached hydrogens (tertiary/aromatic N) is 4. The van der Waals surface area contributed by atoms with Crippen molar-refractivity contribution in [3.8, 4) is 11.5 Å². The largest absolute Gasteiger partial charge is 0.339 e. The second kappa shape index (κ2) is 7.17. The van der Waals surface area contributed by atoms with Gasteiger partial charge in [0.2, 0.25) is 11.7 Å². The lowest BCUT2D eigenvalue weighted by atomic mass is 9.80. The molecule has 2 aromatic rings. The van der Waals surface area contributed by atoms with Gasteiger partial charge >= 0.3 is 0 Å². The number of hydrogen-bond acceptors (Lipinski definition) is 6. The lowest BCUT2D eigenvalue weighted by molar-refractivity contribution is 0.119. The molecule has 1 aliphatic heterocycles. The van der Waals surface area contributed by atoms with E-state index in [4.69, 9.17) is 10.3 Å². The molecule has 1 saturated heterocycles. The number of likely N-dealkylation sites (tertiary alicyclic amines) is 1. The van der Waals surface area contributed by atoms with Crippen LogP contribution < -0.4 is 5.73 Å². The van der Waals surface area contributed by atoms with E-state index in [-0.39, 0.29) is 5.82 Å². The third-order valence-corrected chi connectivity index (χ3v) is 5.38. The number of hydrogen-bond donors (Lipinski definition) is 1. The first kappa shape index (κ1) is 16.6. The number of pyridine rings is 1. The van der Waals surface area contributed by atoms with Gasteiger partial charge in [0.1, 0.15) is 11.5 Å². The van der Waals surface area contributed by atoms with E-state index < -0.39 is 0 Å². The Morgan fingerprint density at radius 1 is 1.20 bits per heavy atom. The van der Waals surface area contributed by atoms with Crippen LogP contribution >= 0.6 is 0 Å². The van der Waals surface area contributed by atoms with E-state index >= 15 is 0 Å². The summed E-state index contributed by atoms with van der Waals surface area (Å²) in [4.78, 5) is 11.0. The van der Waals surface area contributed by atoms with Crippen molar-refractivity contribution in [2.24, 2.45) is 17.6 Å². The second-order valence-electron chi connectivity index (χ2n) is 7.42. The van der Waals surface area contributed by atoms with Crippen LogP contribution in [0.5, 0.6) is 0 Å². The van der Waals surface area contributed by atoms with Crippen molar-refractivity contribution in [3.63, 3.8) is 0 Å². The van der Waals surface area contributed by atoms with E-state index in [0.717, 1.165) is 44.5 Å². The zero-order valence-electron chi connectivity index (χ0n) is 14.3. The summed E-state index contributed by atoms with van der Waals surface area (Å²) >= 11 is 0. The van der Waals surface area contributed by atoms with Gasteiger partial charge in [0, 0.05) is 19.0 Å². The molecule has 0 bridgehead atoms.